The van der Waals surface area contributed by atoms with Crippen LogP contribution in [0.3, 0.4) is 0 Å². The van der Waals surface area contributed by atoms with Gasteiger partial charge in [0.25, 0.3) is 0 Å². The van der Waals surface area contributed by atoms with Gasteiger partial charge in [0.05, 0.1) is 30.2 Å². The van der Waals surface area contributed by atoms with E-state index in [1.807, 2.05) is 61.5 Å². The van der Waals surface area contributed by atoms with Gasteiger partial charge in [-0.25, -0.2) is 13.2 Å². The fourth-order valence-corrected chi connectivity index (χ4v) is 6.10. The van der Waals surface area contributed by atoms with Crippen LogP contribution in [-0.2, 0) is 32.5 Å². The Morgan fingerprint density at radius 3 is 2.27 bits per heavy atom. The molecule has 1 N–H and O–H groups in total. The van der Waals surface area contributed by atoms with Gasteiger partial charge < -0.3 is 19.5 Å². The third kappa shape index (κ3) is 8.30. The molecule has 40 heavy (non-hydrogen) atoms. The quantitative estimate of drug-likeness (QED) is 0.408. The number of carbonyl (C=O) groups excluding carboxylic acids is 1. The number of ether oxygens (including phenoxy) is 3. The number of nitrogens with zero attached hydrogens (tertiary/aromatic N) is 1. The lowest BCUT2D eigenvalue weighted by atomic mass is 10.1. The Morgan fingerprint density at radius 1 is 0.950 bits per heavy atom. The molecule has 4 rings (SSSR count). The van der Waals surface area contributed by atoms with Crippen molar-refractivity contribution in [3.63, 3.8) is 0 Å². The monoisotopic (exact) mass is 566 g/mol. The highest BCUT2D eigenvalue weighted by molar-refractivity contribution is 7.89. The summed E-state index contributed by atoms with van der Waals surface area (Å²) in [5.41, 5.74) is 2.31. The minimum atomic E-state index is -3.89. The van der Waals surface area contributed by atoms with Crippen molar-refractivity contribution < 1.29 is 27.4 Å². The van der Waals surface area contributed by atoms with Gasteiger partial charge in [-0.2, -0.15) is 4.31 Å². The van der Waals surface area contributed by atoms with Gasteiger partial charge in [-0.15, -0.1) is 0 Å². The molecule has 0 aromatic heterocycles. The standard InChI is InChI=1S/C31H38N2O6S/c1-23-10-16-29(17-11-23)40(35,36)33-19-26(32-30(34)39-31(2,3)4)21-37-22-27(33)18-24-12-14-28(15-13-24)38-20-25-8-6-5-7-9-25/h5-17,26-27H,18-22H2,1-4H3,(H,32,34)/t26-,27+/m1/s1. The average molecular weight is 567 g/mol. The summed E-state index contributed by atoms with van der Waals surface area (Å²) >= 11 is 0. The van der Waals surface area contributed by atoms with E-state index in [-0.39, 0.29) is 24.7 Å². The normalized spacial score (nSPS) is 18.5. The third-order valence-electron chi connectivity index (χ3n) is 6.43. The summed E-state index contributed by atoms with van der Waals surface area (Å²) in [7, 11) is -3.89. The molecule has 0 aliphatic carbocycles. The maximum Gasteiger partial charge on any atom is 0.407 e. The van der Waals surface area contributed by atoms with Crippen molar-refractivity contribution in [3.8, 4) is 5.75 Å². The van der Waals surface area contributed by atoms with E-state index in [1.54, 1.807) is 45.0 Å². The zero-order chi connectivity index (χ0) is 28.8. The SMILES string of the molecule is Cc1ccc(S(=O)(=O)N2C[C@@H](NC(=O)OC(C)(C)C)COC[C@@H]2Cc2ccc(OCc3ccccc3)cc2)cc1. The Bertz CT molecular complexity index is 1350. The second-order valence-corrected chi connectivity index (χ2v) is 12.9. The van der Waals surface area contributed by atoms with Crippen LogP contribution in [0.4, 0.5) is 4.79 Å². The minimum absolute atomic E-state index is 0.0540. The van der Waals surface area contributed by atoms with Gasteiger partial charge in [0.1, 0.15) is 18.0 Å². The molecule has 2 atom stereocenters. The van der Waals surface area contributed by atoms with Crippen molar-refractivity contribution >= 4 is 16.1 Å². The fraction of sp³-hybridized carbons (Fsp3) is 0.387. The maximum atomic E-state index is 13.9. The highest BCUT2D eigenvalue weighted by Crippen LogP contribution is 2.25. The summed E-state index contributed by atoms with van der Waals surface area (Å²) in [6, 6.07) is 23.3. The van der Waals surface area contributed by atoms with Gasteiger partial charge in [0.15, 0.2) is 0 Å². The number of rotatable bonds is 8. The molecule has 3 aromatic carbocycles. The lowest BCUT2D eigenvalue weighted by molar-refractivity contribution is 0.0462. The zero-order valence-electron chi connectivity index (χ0n) is 23.5. The topological polar surface area (TPSA) is 94.2 Å². The first kappa shape index (κ1) is 29.6. The molecule has 1 saturated heterocycles. The van der Waals surface area contributed by atoms with E-state index >= 15 is 0 Å². The summed E-state index contributed by atoms with van der Waals surface area (Å²) in [6.45, 7) is 8.11. The minimum Gasteiger partial charge on any atom is -0.489 e. The van der Waals surface area contributed by atoms with E-state index in [9.17, 15) is 13.2 Å². The smallest absolute Gasteiger partial charge is 0.407 e. The molecule has 1 fully saturated rings. The average Bonchev–Trinajstić information content (AvgIpc) is 3.10. The second kappa shape index (κ2) is 12.8. The lowest BCUT2D eigenvalue weighted by Crippen LogP contribution is -2.50. The first-order chi connectivity index (χ1) is 19.0. The van der Waals surface area contributed by atoms with Crippen molar-refractivity contribution in [3.05, 3.63) is 95.6 Å². The molecule has 9 heteroatoms. The largest absolute Gasteiger partial charge is 0.489 e. The molecule has 0 saturated carbocycles. The van der Waals surface area contributed by atoms with Gasteiger partial charge >= 0.3 is 6.09 Å². The molecule has 1 amide bonds. The first-order valence-electron chi connectivity index (χ1n) is 13.4. The summed E-state index contributed by atoms with van der Waals surface area (Å²) < 4.78 is 46.4. The van der Waals surface area contributed by atoms with E-state index in [2.05, 4.69) is 5.32 Å². The molecule has 8 nitrogen and oxygen atoms in total. The number of benzene rings is 3. The van der Waals surface area contributed by atoms with E-state index in [0.29, 0.717) is 13.0 Å². The number of aryl methyl sites for hydroxylation is 1. The lowest BCUT2D eigenvalue weighted by Gasteiger charge is -2.30. The molecule has 1 aliphatic rings. The molecule has 3 aromatic rings. The maximum absolute atomic E-state index is 13.9. The van der Waals surface area contributed by atoms with Gasteiger partial charge in [-0.05, 0) is 69.5 Å². The van der Waals surface area contributed by atoms with Gasteiger partial charge in [0.2, 0.25) is 10.0 Å². The van der Waals surface area contributed by atoms with Crippen molar-refractivity contribution in [2.45, 2.75) is 63.3 Å². The van der Waals surface area contributed by atoms with E-state index < -0.39 is 33.8 Å². The van der Waals surface area contributed by atoms with Crippen LogP contribution in [-0.4, -0.2) is 56.3 Å². The highest BCUT2D eigenvalue weighted by Gasteiger charge is 2.37. The summed E-state index contributed by atoms with van der Waals surface area (Å²) in [5.74, 6) is 0.732. The van der Waals surface area contributed by atoms with Crippen molar-refractivity contribution in [2.24, 2.45) is 0 Å². The van der Waals surface area contributed by atoms with Crippen LogP contribution in [0, 0.1) is 6.92 Å². The summed E-state index contributed by atoms with van der Waals surface area (Å²) in [5, 5.41) is 2.79. The molecular weight excluding hydrogens is 528 g/mol. The zero-order valence-corrected chi connectivity index (χ0v) is 24.3. The third-order valence-corrected chi connectivity index (χ3v) is 8.36. The van der Waals surface area contributed by atoms with Crippen molar-refractivity contribution in [1.29, 1.82) is 0 Å². The molecule has 1 aliphatic heterocycles. The number of nitrogens with one attached hydrogen (secondary N) is 1. The first-order valence-corrected chi connectivity index (χ1v) is 14.8. The van der Waals surface area contributed by atoms with Crippen LogP contribution in [0.1, 0.15) is 37.5 Å². The number of amides is 1. The predicted molar refractivity (Wildman–Crippen MR) is 154 cm³/mol. The Labute approximate surface area is 237 Å². The molecule has 0 unspecified atom stereocenters. The summed E-state index contributed by atoms with van der Waals surface area (Å²) in [6.07, 6.45) is -0.179. The number of sulfonamides is 1. The van der Waals surface area contributed by atoms with Crippen molar-refractivity contribution in [1.82, 2.24) is 9.62 Å². The Balaban J connectivity index is 1.52. The summed E-state index contributed by atoms with van der Waals surface area (Å²) in [4.78, 5) is 12.7. The molecule has 214 valence electrons. The Kier molecular flexibility index (Phi) is 9.50. The molecule has 0 radical (unpaired) electrons. The number of hydrogen-bond acceptors (Lipinski definition) is 6. The fourth-order valence-electron chi connectivity index (χ4n) is 4.45. The Hall–Kier alpha value is -3.40. The van der Waals surface area contributed by atoms with Crippen LogP contribution in [0.5, 0.6) is 5.75 Å². The number of hydrogen-bond donors (Lipinski definition) is 1. The molecule has 1 heterocycles. The van der Waals surface area contributed by atoms with Crippen LogP contribution < -0.4 is 10.1 Å². The van der Waals surface area contributed by atoms with Crippen LogP contribution in [0.15, 0.2) is 83.8 Å². The van der Waals surface area contributed by atoms with E-state index in [1.165, 1.54) is 4.31 Å². The predicted octanol–water partition coefficient (Wildman–Crippen LogP) is 5.10. The number of carbonyl (C=O) groups is 1. The van der Waals surface area contributed by atoms with Gasteiger partial charge in [-0.3, -0.25) is 0 Å². The van der Waals surface area contributed by atoms with Gasteiger partial charge in [0, 0.05) is 6.54 Å². The van der Waals surface area contributed by atoms with Crippen molar-refractivity contribution in [2.75, 3.05) is 19.8 Å². The molecular formula is C31H38N2O6S. The second-order valence-electron chi connectivity index (χ2n) is 11.0. The number of alkyl carbamates (subject to hydrolysis) is 1. The van der Waals surface area contributed by atoms with E-state index in [0.717, 1.165) is 22.4 Å². The van der Waals surface area contributed by atoms with Crippen LogP contribution >= 0.6 is 0 Å². The van der Waals surface area contributed by atoms with Crippen LogP contribution in [0.2, 0.25) is 0 Å². The van der Waals surface area contributed by atoms with E-state index in [4.69, 9.17) is 14.2 Å². The van der Waals surface area contributed by atoms with Gasteiger partial charge in [-0.1, -0.05) is 60.2 Å². The Morgan fingerprint density at radius 2 is 1.62 bits per heavy atom. The highest BCUT2D eigenvalue weighted by atomic mass is 32.2. The molecule has 0 spiro atoms. The van der Waals surface area contributed by atoms with Crippen LogP contribution in [0.25, 0.3) is 0 Å². The molecule has 0 bridgehead atoms.